The number of nitrogens with zero attached hydrogens (tertiary/aromatic N) is 2. The molecular formula is C16H11BrN2O4. The number of benzene rings is 2. The zero-order chi connectivity index (χ0) is 17.0. The van der Waals surface area contributed by atoms with E-state index in [0.29, 0.717) is 21.2 Å². The van der Waals surface area contributed by atoms with Gasteiger partial charge >= 0.3 is 0 Å². The van der Waals surface area contributed by atoms with Crippen LogP contribution in [0.15, 0.2) is 40.9 Å². The molecule has 0 heterocycles. The first-order valence-corrected chi connectivity index (χ1v) is 7.18. The number of ether oxygens (including phenoxy) is 1. The summed E-state index contributed by atoms with van der Waals surface area (Å²) in [5.74, 6) is 0.241. The zero-order valence-corrected chi connectivity index (χ0v) is 13.6. The second-order valence-electron chi connectivity index (χ2n) is 4.53. The van der Waals surface area contributed by atoms with Crippen LogP contribution in [0.25, 0.3) is 11.6 Å². The Hall–Kier alpha value is -2.85. The van der Waals surface area contributed by atoms with E-state index in [2.05, 4.69) is 22.0 Å². The van der Waals surface area contributed by atoms with Crippen LogP contribution in [0.3, 0.4) is 0 Å². The van der Waals surface area contributed by atoms with Crippen LogP contribution in [-0.2, 0) is 0 Å². The summed E-state index contributed by atoms with van der Waals surface area (Å²) < 4.78 is 5.50. The van der Waals surface area contributed by atoms with Crippen molar-refractivity contribution in [3.05, 3.63) is 62.1 Å². The van der Waals surface area contributed by atoms with Gasteiger partial charge in [-0.15, -0.1) is 0 Å². The summed E-state index contributed by atoms with van der Waals surface area (Å²) in [6.07, 6.45) is 1.61. The Morgan fingerprint density at radius 2 is 2.04 bits per heavy atom. The molecule has 0 atom stereocenters. The van der Waals surface area contributed by atoms with Crippen molar-refractivity contribution in [2.45, 2.75) is 0 Å². The lowest BCUT2D eigenvalue weighted by Gasteiger charge is -2.07. The minimum absolute atomic E-state index is 0.0292. The van der Waals surface area contributed by atoms with Gasteiger partial charge in [-0.1, -0.05) is 0 Å². The second kappa shape index (κ2) is 6.94. The van der Waals surface area contributed by atoms with Gasteiger partial charge in [-0.2, -0.15) is 5.26 Å². The highest BCUT2D eigenvalue weighted by Crippen LogP contribution is 2.36. The number of non-ortho nitro benzene ring substituents is 1. The SMILES string of the molecule is COc1cc(/C=C(/C#N)c2ccc([N+](=O)[O-])cc2)cc(Br)c1O. The van der Waals surface area contributed by atoms with Crippen LogP contribution >= 0.6 is 15.9 Å². The number of hydrogen-bond donors (Lipinski definition) is 1. The van der Waals surface area contributed by atoms with Crippen molar-refractivity contribution in [3.63, 3.8) is 0 Å². The molecule has 0 saturated carbocycles. The van der Waals surface area contributed by atoms with Gasteiger partial charge in [-0.3, -0.25) is 10.1 Å². The van der Waals surface area contributed by atoms with Crippen molar-refractivity contribution in [3.8, 4) is 17.6 Å². The van der Waals surface area contributed by atoms with Gasteiger partial charge in [-0.05, 0) is 57.4 Å². The molecule has 0 unspecified atom stereocenters. The Kier molecular flexibility index (Phi) is 4.98. The average molecular weight is 375 g/mol. The van der Waals surface area contributed by atoms with Crippen molar-refractivity contribution in [1.82, 2.24) is 0 Å². The van der Waals surface area contributed by atoms with Gasteiger partial charge in [-0.25, -0.2) is 0 Å². The van der Waals surface area contributed by atoms with E-state index in [1.165, 1.54) is 31.4 Å². The maximum atomic E-state index is 10.7. The number of phenols is 1. The molecule has 116 valence electrons. The van der Waals surface area contributed by atoms with E-state index in [9.17, 15) is 20.5 Å². The maximum absolute atomic E-state index is 10.7. The van der Waals surface area contributed by atoms with Crippen LogP contribution in [-0.4, -0.2) is 17.1 Å². The van der Waals surface area contributed by atoms with Crippen LogP contribution in [0, 0.1) is 21.4 Å². The van der Waals surface area contributed by atoms with Gasteiger partial charge in [0.15, 0.2) is 11.5 Å². The fourth-order valence-electron chi connectivity index (χ4n) is 1.94. The summed E-state index contributed by atoms with van der Waals surface area (Å²) in [6, 6.07) is 11.0. The number of aromatic hydroxyl groups is 1. The number of hydrogen-bond acceptors (Lipinski definition) is 5. The van der Waals surface area contributed by atoms with Gasteiger partial charge in [0.1, 0.15) is 0 Å². The van der Waals surface area contributed by atoms with Gasteiger partial charge < -0.3 is 9.84 Å². The van der Waals surface area contributed by atoms with E-state index >= 15 is 0 Å². The summed E-state index contributed by atoms with van der Waals surface area (Å²) in [6.45, 7) is 0. The zero-order valence-electron chi connectivity index (χ0n) is 12.0. The second-order valence-corrected chi connectivity index (χ2v) is 5.38. The number of methoxy groups -OCH3 is 1. The first-order valence-electron chi connectivity index (χ1n) is 6.39. The van der Waals surface area contributed by atoms with Crippen molar-refractivity contribution >= 4 is 33.3 Å². The van der Waals surface area contributed by atoms with Gasteiger partial charge in [0, 0.05) is 12.1 Å². The molecule has 1 N–H and O–H groups in total. The van der Waals surface area contributed by atoms with E-state index in [1.807, 2.05) is 0 Å². The Bertz CT molecular complexity index is 823. The summed E-state index contributed by atoms with van der Waals surface area (Å²) in [4.78, 5) is 10.2. The third-order valence-electron chi connectivity index (χ3n) is 3.09. The summed E-state index contributed by atoms with van der Waals surface area (Å²) in [7, 11) is 1.43. The molecule has 0 aliphatic rings. The lowest BCUT2D eigenvalue weighted by Crippen LogP contribution is -1.89. The Balaban J connectivity index is 2.45. The average Bonchev–Trinajstić information content (AvgIpc) is 2.55. The molecule has 2 rings (SSSR count). The van der Waals surface area contributed by atoms with Crippen LogP contribution < -0.4 is 4.74 Å². The molecule has 0 spiro atoms. The fraction of sp³-hybridized carbons (Fsp3) is 0.0625. The number of rotatable bonds is 4. The van der Waals surface area contributed by atoms with Gasteiger partial charge in [0.05, 0.1) is 28.1 Å². The minimum Gasteiger partial charge on any atom is -0.503 e. The summed E-state index contributed by atoms with van der Waals surface area (Å²) >= 11 is 3.21. The first kappa shape index (κ1) is 16.5. The molecule has 0 amide bonds. The van der Waals surface area contributed by atoms with Crippen molar-refractivity contribution in [1.29, 1.82) is 5.26 Å². The van der Waals surface area contributed by atoms with Crippen LogP contribution in [0.5, 0.6) is 11.5 Å². The smallest absolute Gasteiger partial charge is 0.269 e. The normalized spacial score (nSPS) is 10.9. The van der Waals surface area contributed by atoms with Gasteiger partial charge in [0.25, 0.3) is 5.69 Å². The van der Waals surface area contributed by atoms with Crippen molar-refractivity contribution < 1.29 is 14.8 Å². The highest BCUT2D eigenvalue weighted by molar-refractivity contribution is 9.10. The molecule has 0 radical (unpaired) electrons. The van der Waals surface area contributed by atoms with E-state index in [-0.39, 0.29) is 17.2 Å². The van der Waals surface area contributed by atoms with Gasteiger partial charge in [0.2, 0.25) is 0 Å². The topological polar surface area (TPSA) is 96.4 Å². The van der Waals surface area contributed by atoms with Crippen LogP contribution in [0.4, 0.5) is 5.69 Å². The maximum Gasteiger partial charge on any atom is 0.269 e. The third kappa shape index (κ3) is 3.67. The Morgan fingerprint density at radius 3 is 2.57 bits per heavy atom. The molecule has 0 aliphatic carbocycles. The first-order chi connectivity index (χ1) is 11.0. The van der Waals surface area contributed by atoms with E-state index in [1.54, 1.807) is 18.2 Å². The quantitative estimate of drug-likeness (QED) is 0.375. The van der Waals surface area contributed by atoms with Crippen LogP contribution in [0.1, 0.15) is 11.1 Å². The third-order valence-corrected chi connectivity index (χ3v) is 3.70. The molecule has 6 nitrogen and oxygen atoms in total. The molecule has 0 aliphatic heterocycles. The molecule has 23 heavy (non-hydrogen) atoms. The monoisotopic (exact) mass is 374 g/mol. The molecule has 0 fully saturated rings. The van der Waals surface area contributed by atoms with E-state index in [0.717, 1.165) is 0 Å². The molecule has 2 aromatic rings. The number of allylic oxidation sites excluding steroid dienone is 1. The lowest BCUT2D eigenvalue weighted by atomic mass is 10.0. The summed E-state index contributed by atoms with van der Waals surface area (Å²) in [5.41, 5.74) is 1.49. The minimum atomic E-state index is -0.499. The van der Waals surface area contributed by atoms with Crippen LogP contribution in [0.2, 0.25) is 0 Å². The highest BCUT2D eigenvalue weighted by atomic mass is 79.9. The number of nitriles is 1. The largest absolute Gasteiger partial charge is 0.503 e. The summed E-state index contributed by atoms with van der Waals surface area (Å²) in [5, 5.41) is 29.8. The number of halogens is 1. The van der Waals surface area contributed by atoms with E-state index in [4.69, 9.17) is 4.74 Å². The predicted octanol–water partition coefficient (Wildman–Crippen LogP) is 4.14. The lowest BCUT2D eigenvalue weighted by molar-refractivity contribution is -0.384. The Morgan fingerprint density at radius 1 is 1.39 bits per heavy atom. The molecule has 7 heteroatoms. The van der Waals surface area contributed by atoms with E-state index < -0.39 is 4.92 Å². The molecule has 0 saturated heterocycles. The molecule has 2 aromatic carbocycles. The van der Waals surface area contributed by atoms with Crippen molar-refractivity contribution in [2.75, 3.05) is 7.11 Å². The fourth-order valence-corrected chi connectivity index (χ4v) is 2.40. The Labute approximate surface area is 140 Å². The number of nitro benzene ring substituents is 1. The molecule has 0 bridgehead atoms. The standard InChI is InChI=1S/C16H11BrN2O4/c1-23-15-8-10(7-14(17)16(15)20)6-12(9-18)11-2-4-13(5-3-11)19(21)22/h2-8,20H,1H3/b12-6-. The number of nitro groups is 1. The molecular weight excluding hydrogens is 364 g/mol. The predicted molar refractivity (Wildman–Crippen MR) is 88.9 cm³/mol. The number of phenolic OH excluding ortho intramolecular Hbond substituents is 1. The molecule has 0 aromatic heterocycles. The highest BCUT2D eigenvalue weighted by Gasteiger charge is 2.10. The van der Waals surface area contributed by atoms with Crippen molar-refractivity contribution in [2.24, 2.45) is 0 Å².